The summed E-state index contributed by atoms with van der Waals surface area (Å²) in [5.74, 6) is 0.966. The molecule has 2 rings (SSSR count). The normalized spacial score (nSPS) is 21.1. The Balaban J connectivity index is 1.42. The molecule has 0 aromatic rings. The average molecular weight is 267 g/mol. The molecule has 0 atom stereocenters. The maximum atomic E-state index is 11.5. The van der Waals surface area contributed by atoms with Crippen LogP contribution < -0.4 is 16.0 Å². The second kappa shape index (κ2) is 8.54. The number of hydrogen-bond donors (Lipinski definition) is 3. The predicted molar refractivity (Wildman–Crippen MR) is 78.1 cm³/mol. The van der Waals surface area contributed by atoms with Crippen molar-refractivity contribution < 1.29 is 4.79 Å². The van der Waals surface area contributed by atoms with Gasteiger partial charge in [0.05, 0.1) is 6.54 Å². The quantitative estimate of drug-likeness (QED) is 0.460. The molecule has 0 radical (unpaired) electrons. The zero-order chi connectivity index (χ0) is 13.3. The highest BCUT2D eigenvalue weighted by molar-refractivity contribution is 5.77. The Labute approximate surface area is 117 Å². The van der Waals surface area contributed by atoms with E-state index in [2.05, 4.69) is 16.0 Å². The van der Waals surface area contributed by atoms with Gasteiger partial charge in [0.1, 0.15) is 0 Å². The minimum absolute atomic E-state index is 0.128. The summed E-state index contributed by atoms with van der Waals surface area (Å²) < 4.78 is 0. The van der Waals surface area contributed by atoms with Crippen LogP contribution in [0.25, 0.3) is 0 Å². The van der Waals surface area contributed by atoms with Crippen LogP contribution in [0.1, 0.15) is 51.4 Å². The number of nitrogens with one attached hydrogen (secondary N) is 3. The average Bonchev–Trinajstić information content (AvgIpc) is 3.22. The van der Waals surface area contributed by atoms with E-state index < -0.39 is 0 Å². The van der Waals surface area contributed by atoms with Gasteiger partial charge in [0.2, 0.25) is 5.91 Å². The number of carbonyl (C=O) groups is 1. The third-order valence-corrected chi connectivity index (χ3v) is 4.15. The minimum atomic E-state index is 0.128. The van der Waals surface area contributed by atoms with Crippen LogP contribution in [0.4, 0.5) is 0 Å². The van der Waals surface area contributed by atoms with Gasteiger partial charge in [-0.3, -0.25) is 4.79 Å². The highest BCUT2D eigenvalue weighted by atomic mass is 16.1. The minimum Gasteiger partial charge on any atom is -0.354 e. The molecular weight excluding hydrogens is 238 g/mol. The van der Waals surface area contributed by atoms with Gasteiger partial charge < -0.3 is 16.0 Å². The summed E-state index contributed by atoms with van der Waals surface area (Å²) in [6.45, 7) is 3.13. The van der Waals surface area contributed by atoms with Crippen LogP contribution in [0.2, 0.25) is 0 Å². The van der Waals surface area contributed by atoms with Crippen LogP contribution in [-0.2, 0) is 4.79 Å². The molecule has 2 saturated carbocycles. The van der Waals surface area contributed by atoms with E-state index in [1.54, 1.807) is 0 Å². The molecule has 1 amide bonds. The van der Waals surface area contributed by atoms with Crippen molar-refractivity contribution in [1.82, 2.24) is 16.0 Å². The topological polar surface area (TPSA) is 53.2 Å². The van der Waals surface area contributed by atoms with Gasteiger partial charge >= 0.3 is 0 Å². The van der Waals surface area contributed by atoms with Gasteiger partial charge in [-0.15, -0.1) is 0 Å². The van der Waals surface area contributed by atoms with Crippen molar-refractivity contribution in [2.24, 2.45) is 5.92 Å². The maximum absolute atomic E-state index is 11.5. The van der Waals surface area contributed by atoms with E-state index in [1.165, 1.54) is 51.4 Å². The fourth-order valence-corrected chi connectivity index (χ4v) is 2.74. The Morgan fingerprint density at radius 2 is 1.68 bits per heavy atom. The van der Waals surface area contributed by atoms with Crippen molar-refractivity contribution in [2.75, 3.05) is 26.2 Å². The van der Waals surface area contributed by atoms with Crippen molar-refractivity contribution in [3.63, 3.8) is 0 Å². The summed E-state index contributed by atoms with van der Waals surface area (Å²) in [7, 11) is 0. The Bertz CT molecular complexity index is 258. The molecule has 110 valence electrons. The SMILES string of the molecule is O=C(CNCC1CC1)NCCNC1CCCCCC1. The highest BCUT2D eigenvalue weighted by Crippen LogP contribution is 2.27. The first-order chi connectivity index (χ1) is 9.34. The van der Waals surface area contributed by atoms with Gasteiger partial charge in [0.15, 0.2) is 0 Å². The fourth-order valence-electron chi connectivity index (χ4n) is 2.74. The first-order valence-corrected chi connectivity index (χ1v) is 8.05. The molecule has 0 spiro atoms. The van der Waals surface area contributed by atoms with E-state index in [1.807, 2.05) is 0 Å². The van der Waals surface area contributed by atoms with Crippen molar-refractivity contribution in [1.29, 1.82) is 0 Å². The Hall–Kier alpha value is -0.610. The molecule has 0 aliphatic heterocycles. The molecule has 0 unspecified atom stereocenters. The maximum Gasteiger partial charge on any atom is 0.234 e. The van der Waals surface area contributed by atoms with Crippen molar-refractivity contribution in [3.05, 3.63) is 0 Å². The molecule has 4 heteroatoms. The van der Waals surface area contributed by atoms with Crippen LogP contribution in [0, 0.1) is 5.92 Å². The molecule has 0 heterocycles. The van der Waals surface area contributed by atoms with E-state index in [9.17, 15) is 4.79 Å². The van der Waals surface area contributed by atoms with Crippen molar-refractivity contribution >= 4 is 5.91 Å². The summed E-state index contributed by atoms with van der Waals surface area (Å²) in [6, 6.07) is 0.674. The second-order valence-electron chi connectivity index (χ2n) is 6.07. The van der Waals surface area contributed by atoms with Gasteiger partial charge in [-0.05, 0) is 38.1 Å². The van der Waals surface area contributed by atoms with E-state index in [-0.39, 0.29) is 5.91 Å². The number of hydrogen-bond acceptors (Lipinski definition) is 3. The van der Waals surface area contributed by atoms with Crippen molar-refractivity contribution in [2.45, 2.75) is 57.4 Å². The van der Waals surface area contributed by atoms with Crippen LogP contribution in [-0.4, -0.2) is 38.1 Å². The van der Waals surface area contributed by atoms with Crippen molar-refractivity contribution in [3.8, 4) is 0 Å². The van der Waals surface area contributed by atoms with Gasteiger partial charge in [-0.2, -0.15) is 0 Å². The summed E-state index contributed by atoms with van der Waals surface area (Å²) >= 11 is 0. The van der Waals surface area contributed by atoms with Crippen LogP contribution >= 0.6 is 0 Å². The first-order valence-electron chi connectivity index (χ1n) is 8.05. The van der Waals surface area contributed by atoms with E-state index in [4.69, 9.17) is 0 Å². The summed E-state index contributed by atoms with van der Waals surface area (Å²) in [5, 5.41) is 9.75. The monoisotopic (exact) mass is 267 g/mol. The van der Waals surface area contributed by atoms with Crippen LogP contribution in [0.3, 0.4) is 0 Å². The molecule has 2 aliphatic rings. The Kier molecular flexibility index (Phi) is 6.65. The lowest BCUT2D eigenvalue weighted by Gasteiger charge is -2.16. The standard InChI is InChI=1S/C15H29N3O/c19-15(12-16-11-13-7-8-13)18-10-9-17-14-5-3-1-2-4-6-14/h13-14,16-17H,1-12H2,(H,18,19). The lowest BCUT2D eigenvalue weighted by Crippen LogP contribution is -2.40. The second-order valence-corrected chi connectivity index (χ2v) is 6.07. The molecule has 3 N–H and O–H groups in total. The molecule has 0 bridgehead atoms. The molecule has 0 aromatic carbocycles. The number of amides is 1. The molecule has 2 fully saturated rings. The predicted octanol–water partition coefficient (Wildman–Crippen LogP) is 1.41. The van der Waals surface area contributed by atoms with Gasteiger partial charge in [0, 0.05) is 19.1 Å². The summed E-state index contributed by atoms with van der Waals surface area (Å²) in [4.78, 5) is 11.5. The summed E-state index contributed by atoms with van der Waals surface area (Å²) in [6.07, 6.45) is 10.8. The molecule has 19 heavy (non-hydrogen) atoms. The lowest BCUT2D eigenvalue weighted by molar-refractivity contribution is -0.120. The van der Waals surface area contributed by atoms with E-state index >= 15 is 0 Å². The molecule has 2 aliphatic carbocycles. The molecule has 0 saturated heterocycles. The van der Waals surface area contributed by atoms with Gasteiger partial charge in [0.25, 0.3) is 0 Å². The van der Waals surface area contributed by atoms with Gasteiger partial charge in [-0.1, -0.05) is 25.7 Å². The third kappa shape index (κ3) is 6.92. The van der Waals surface area contributed by atoms with Crippen LogP contribution in [0.15, 0.2) is 0 Å². The van der Waals surface area contributed by atoms with Gasteiger partial charge in [-0.25, -0.2) is 0 Å². The smallest absolute Gasteiger partial charge is 0.234 e. The molecular formula is C15H29N3O. The van der Waals surface area contributed by atoms with E-state index in [0.29, 0.717) is 12.6 Å². The Morgan fingerprint density at radius 3 is 2.37 bits per heavy atom. The lowest BCUT2D eigenvalue weighted by atomic mass is 10.1. The zero-order valence-electron chi connectivity index (χ0n) is 12.0. The first kappa shape index (κ1) is 14.8. The largest absolute Gasteiger partial charge is 0.354 e. The zero-order valence-corrected chi connectivity index (χ0v) is 12.0. The molecule has 4 nitrogen and oxygen atoms in total. The fraction of sp³-hybridized carbons (Fsp3) is 0.933. The van der Waals surface area contributed by atoms with Crippen LogP contribution in [0.5, 0.6) is 0 Å². The number of rotatable bonds is 8. The summed E-state index contributed by atoms with van der Waals surface area (Å²) in [5.41, 5.74) is 0. The number of carbonyl (C=O) groups excluding carboxylic acids is 1. The van der Waals surface area contributed by atoms with E-state index in [0.717, 1.165) is 25.6 Å². The highest BCUT2D eigenvalue weighted by Gasteiger charge is 2.20. The molecule has 0 aromatic heterocycles. The Morgan fingerprint density at radius 1 is 0.947 bits per heavy atom. The third-order valence-electron chi connectivity index (χ3n) is 4.15.